The van der Waals surface area contributed by atoms with Crippen molar-refractivity contribution in [2.45, 2.75) is 26.3 Å². The van der Waals surface area contributed by atoms with E-state index in [2.05, 4.69) is 15.4 Å². The zero-order chi connectivity index (χ0) is 12.1. The predicted molar refractivity (Wildman–Crippen MR) is 59.8 cm³/mol. The van der Waals surface area contributed by atoms with E-state index in [1.807, 2.05) is 13.8 Å². The number of carbonyl (C=O) groups excluding carboxylic acids is 2. The molecule has 1 rings (SSSR count). The standard InChI is InChI=1S/C11H20N2O3/c1-7(2)9(11(15)16-3)13-10(14)8-4-5-12-6-8/h7-9,12H,4-6H2,1-3H3,(H,13,14)/t8?,9-/m0/s1. The van der Waals surface area contributed by atoms with Crippen molar-refractivity contribution in [2.75, 3.05) is 20.2 Å². The van der Waals surface area contributed by atoms with Gasteiger partial charge >= 0.3 is 5.97 Å². The van der Waals surface area contributed by atoms with Gasteiger partial charge in [0.15, 0.2) is 0 Å². The van der Waals surface area contributed by atoms with Crippen molar-refractivity contribution in [3.63, 3.8) is 0 Å². The largest absolute Gasteiger partial charge is 0.467 e. The zero-order valence-electron chi connectivity index (χ0n) is 10.1. The third-order valence-corrected chi connectivity index (χ3v) is 2.85. The molecule has 1 heterocycles. The molecule has 0 saturated carbocycles. The fourth-order valence-electron chi connectivity index (χ4n) is 1.77. The van der Waals surface area contributed by atoms with Crippen molar-refractivity contribution in [3.8, 4) is 0 Å². The third-order valence-electron chi connectivity index (χ3n) is 2.85. The molecule has 2 N–H and O–H groups in total. The highest BCUT2D eigenvalue weighted by Gasteiger charge is 2.29. The molecule has 1 fully saturated rings. The first kappa shape index (κ1) is 13.0. The fourth-order valence-corrected chi connectivity index (χ4v) is 1.77. The smallest absolute Gasteiger partial charge is 0.328 e. The number of hydrogen-bond acceptors (Lipinski definition) is 4. The Hall–Kier alpha value is -1.10. The molecule has 2 atom stereocenters. The Bertz CT molecular complexity index is 260. The first-order chi connectivity index (χ1) is 7.56. The van der Waals surface area contributed by atoms with Gasteiger partial charge in [-0.2, -0.15) is 0 Å². The molecule has 5 nitrogen and oxygen atoms in total. The Balaban J connectivity index is 2.53. The second-order valence-electron chi connectivity index (χ2n) is 4.44. The average molecular weight is 228 g/mol. The Morgan fingerprint density at radius 3 is 2.56 bits per heavy atom. The minimum Gasteiger partial charge on any atom is -0.467 e. The van der Waals surface area contributed by atoms with E-state index in [0.29, 0.717) is 6.54 Å². The van der Waals surface area contributed by atoms with E-state index in [9.17, 15) is 9.59 Å². The molecule has 0 aliphatic carbocycles. The molecule has 0 spiro atoms. The predicted octanol–water partition coefficient (Wildman–Crippen LogP) is -0.0903. The summed E-state index contributed by atoms with van der Waals surface area (Å²) in [5.74, 6) is -0.430. The van der Waals surface area contributed by atoms with Crippen molar-refractivity contribution >= 4 is 11.9 Å². The molecular weight excluding hydrogens is 208 g/mol. The average Bonchev–Trinajstić information content (AvgIpc) is 2.77. The van der Waals surface area contributed by atoms with Crippen LogP contribution < -0.4 is 10.6 Å². The molecule has 1 aliphatic rings. The number of rotatable bonds is 4. The molecule has 0 aromatic heterocycles. The van der Waals surface area contributed by atoms with Gasteiger partial charge < -0.3 is 15.4 Å². The molecular formula is C11H20N2O3. The Morgan fingerprint density at radius 2 is 2.12 bits per heavy atom. The molecule has 16 heavy (non-hydrogen) atoms. The van der Waals surface area contributed by atoms with E-state index in [1.165, 1.54) is 7.11 Å². The number of methoxy groups -OCH3 is 1. The van der Waals surface area contributed by atoms with Crippen molar-refractivity contribution in [3.05, 3.63) is 0 Å². The number of carbonyl (C=O) groups is 2. The molecule has 0 bridgehead atoms. The molecule has 1 amide bonds. The lowest BCUT2D eigenvalue weighted by Crippen LogP contribution is -2.47. The molecule has 0 aromatic carbocycles. The second kappa shape index (κ2) is 5.84. The van der Waals surface area contributed by atoms with Crippen molar-refractivity contribution in [1.29, 1.82) is 0 Å². The van der Waals surface area contributed by atoms with Crippen LogP contribution in [-0.4, -0.2) is 38.1 Å². The first-order valence-corrected chi connectivity index (χ1v) is 5.65. The van der Waals surface area contributed by atoms with E-state index in [4.69, 9.17) is 0 Å². The summed E-state index contributed by atoms with van der Waals surface area (Å²) in [6.45, 7) is 5.32. The molecule has 1 unspecified atom stereocenters. The van der Waals surface area contributed by atoms with E-state index < -0.39 is 6.04 Å². The molecule has 5 heteroatoms. The number of amides is 1. The third kappa shape index (κ3) is 3.20. The van der Waals surface area contributed by atoms with Gasteiger partial charge in [0.1, 0.15) is 6.04 Å². The summed E-state index contributed by atoms with van der Waals surface area (Å²) in [4.78, 5) is 23.3. The lowest BCUT2D eigenvalue weighted by atomic mass is 10.0. The van der Waals surface area contributed by atoms with Gasteiger partial charge in [0.2, 0.25) is 5.91 Å². The van der Waals surface area contributed by atoms with Gasteiger partial charge in [-0.15, -0.1) is 0 Å². The van der Waals surface area contributed by atoms with Crippen LogP contribution in [0.3, 0.4) is 0 Å². The highest BCUT2D eigenvalue weighted by atomic mass is 16.5. The van der Waals surface area contributed by atoms with Crippen LogP contribution in [-0.2, 0) is 14.3 Å². The summed E-state index contributed by atoms with van der Waals surface area (Å²) < 4.78 is 4.67. The monoisotopic (exact) mass is 228 g/mol. The lowest BCUT2D eigenvalue weighted by Gasteiger charge is -2.21. The van der Waals surface area contributed by atoms with Crippen LogP contribution in [0.25, 0.3) is 0 Å². The van der Waals surface area contributed by atoms with E-state index in [-0.39, 0.29) is 23.7 Å². The van der Waals surface area contributed by atoms with Gasteiger partial charge in [-0.05, 0) is 18.9 Å². The topological polar surface area (TPSA) is 67.4 Å². The van der Waals surface area contributed by atoms with Crippen LogP contribution in [0.5, 0.6) is 0 Å². The van der Waals surface area contributed by atoms with Crippen LogP contribution in [0, 0.1) is 11.8 Å². The Labute approximate surface area is 95.9 Å². The molecule has 0 radical (unpaired) electrons. The van der Waals surface area contributed by atoms with Gasteiger partial charge in [-0.25, -0.2) is 4.79 Å². The minimum absolute atomic E-state index is 0.0223. The second-order valence-corrected chi connectivity index (χ2v) is 4.44. The van der Waals surface area contributed by atoms with Gasteiger partial charge in [0.05, 0.1) is 13.0 Å². The van der Waals surface area contributed by atoms with Crippen LogP contribution in [0.15, 0.2) is 0 Å². The zero-order valence-corrected chi connectivity index (χ0v) is 10.1. The number of hydrogen-bond donors (Lipinski definition) is 2. The van der Waals surface area contributed by atoms with E-state index in [1.54, 1.807) is 0 Å². The Kier molecular flexibility index (Phi) is 4.73. The summed E-state index contributed by atoms with van der Waals surface area (Å²) in [6.07, 6.45) is 0.831. The minimum atomic E-state index is -0.543. The van der Waals surface area contributed by atoms with Crippen LogP contribution in [0.4, 0.5) is 0 Å². The molecule has 1 aliphatic heterocycles. The van der Waals surface area contributed by atoms with Gasteiger partial charge in [0.25, 0.3) is 0 Å². The summed E-state index contributed by atoms with van der Waals surface area (Å²) in [7, 11) is 1.33. The number of nitrogens with one attached hydrogen (secondary N) is 2. The first-order valence-electron chi connectivity index (χ1n) is 5.65. The molecule has 1 saturated heterocycles. The van der Waals surface area contributed by atoms with Gasteiger partial charge in [-0.3, -0.25) is 4.79 Å². The maximum Gasteiger partial charge on any atom is 0.328 e. The van der Waals surface area contributed by atoms with Crippen LogP contribution in [0.2, 0.25) is 0 Å². The quantitative estimate of drug-likeness (QED) is 0.660. The number of esters is 1. The lowest BCUT2D eigenvalue weighted by molar-refractivity contribution is -0.146. The normalized spacial score (nSPS) is 21.9. The fraction of sp³-hybridized carbons (Fsp3) is 0.818. The number of ether oxygens (including phenoxy) is 1. The van der Waals surface area contributed by atoms with Crippen molar-refractivity contribution < 1.29 is 14.3 Å². The van der Waals surface area contributed by atoms with Gasteiger partial charge in [0, 0.05) is 6.54 Å². The SMILES string of the molecule is COC(=O)[C@@H](NC(=O)C1CCNC1)C(C)C. The van der Waals surface area contributed by atoms with Crippen molar-refractivity contribution in [2.24, 2.45) is 11.8 Å². The maximum atomic E-state index is 11.8. The van der Waals surface area contributed by atoms with E-state index >= 15 is 0 Å². The van der Waals surface area contributed by atoms with Crippen molar-refractivity contribution in [1.82, 2.24) is 10.6 Å². The summed E-state index contributed by atoms with van der Waals surface area (Å²) in [5, 5.41) is 5.88. The summed E-state index contributed by atoms with van der Waals surface area (Å²) >= 11 is 0. The van der Waals surface area contributed by atoms with Gasteiger partial charge in [-0.1, -0.05) is 13.8 Å². The Morgan fingerprint density at radius 1 is 1.44 bits per heavy atom. The summed E-state index contributed by atoms with van der Waals surface area (Å²) in [5.41, 5.74) is 0. The molecule has 92 valence electrons. The molecule has 0 aromatic rings. The highest BCUT2D eigenvalue weighted by Crippen LogP contribution is 2.10. The van der Waals surface area contributed by atoms with E-state index in [0.717, 1.165) is 13.0 Å². The van der Waals surface area contributed by atoms with Crippen LogP contribution in [0.1, 0.15) is 20.3 Å². The summed E-state index contributed by atoms with van der Waals surface area (Å²) in [6, 6.07) is -0.543. The van der Waals surface area contributed by atoms with Crippen LogP contribution >= 0.6 is 0 Å². The highest BCUT2D eigenvalue weighted by molar-refractivity contribution is 5.86. The maximum absolute atomic E-state index is 11.8.